The van der Waals surface area contributed by atoms with Crippen molar-refractivity contribution in [2.75, 3.05) is 6.54 Å². The summed E-state index contributed by atoms with van der Waals surface area (Å²) in [5.41, 5.74) is 1.75. The minimum Gasteiger partial charge on any atom is -0.467 e. The molecular formula is C20H18N2O4S. The quantitative estimate of drug-likeness (QED) is 0.610. The maximum Gasteiger partial charge on any atom is 0.311 e. The molecule has 1 aliphatic heterocycles. The molecule has 1 unspecified atom stereocenters. The van der Waals surface area contributed by atoms with Gasteiger partial charge in [0.25, 0.3) is 0 Å². The number of esters is 1. The summed E-state index contributed by atoms with van der Waals surface area (Å²) >= 11 is 1.51. The van der Waals surface area contributed by atoms with Crippen molar-refractivity contribution >= 4 is 23.2 Å². The number of ether oxygens (including phenoxy) is 1. The van der Waals surface area contributed by atoms with Crippen LogP contribution < -0.4 is 0 Å². The molecule has 1 aliphatic rings. The van der Waals surface area contributed by atoms with Crippen LogP contribution in [0.1, 0.15) is 17.9 Å². The number of hydrogen-bond acceptors (Lipinski definition) is 6. The molecule has 0 radical (unpaired) electrons. The summed E-state index contributed by atoms with van der Waals surface area (Å²) in [4.78, 5) is 30.6. The van der Waals surface area contributed by atoms with Gasteiger partial charge in [-0.3, -0.25) is 9.59 Å². The van der Waals surface area contributed by atoms with Crippen molar-refractivity contribution in [1.29, 1.82) is 0 Å². The van der Waals surface area contributed by atoms with Gasteiger partial charge in [-0.2, -0.15) is 0 Å². The molecule has 0 saturated carbocycles. The SMILES string of the molecule is O=C(OCc1csc(-c2ccccc2)n1)C1CC(=O)N(Cc2ccco2)C1. The van der Waals surface area contributed by atoms with Crippen molar-refractivity contribution < 1.29 is 18.7 Å². The summed E-state index contributed by atoms with van der Waals surface area (Å²) in [7, 11) is 0. The molecule has 7 heteroatoms. The second-order valence-corrected chi connectivity index (χ2v) is 7.23. The number of carbonyl (C=O) groups excluding carboxylic acids is 2. The molecular weight excluding hydrogens is 364 g/mol. The second-order valence-electron chi connectivity index (χ2n) is 6.37. The van der Waals surface area contributed by atoms with Crippen molar-refractivity contribution in [3.8, 4) is 10.6 Å². The van der Waals surface area contributed by atoms with E-state index in [0.29, 0.717) is 24.5 Å². The van der Waals surface area contributed by atoms with Gasteiger partial charge in [0.05, 0.1) is 24.4 Å². The molecule has 2 aromatic heterocycles. The Labute approximate surface area is 160 Å². The van der Waals surface area contributed by atoms with Crippen LogP contribution in [0.2, 0.25) is 0 Å². The number of benzene rings is 1. The van der Waals surface area contributed by atoms with Crippen LogP contribution >= 0.6 is 11.3 Å². The van der Waals surface area contributed by atoms with E-state index < -0.39 is 5.92 Å². The average Bonchev–Trinajstić information content (AvgIpc) is 3.43. The molecule has 3 aromatic rings. The summed E-state index contributed by atoms with van der Waals surface area (Å²) in [6, 6.07) is 13.4. The van der Waals surface area contributed by atoms with Gasteiger partial charge in [0.2, 0.25) is 5.91 Å². The summed E-state index contributed by atoms with van der Waals surface area (Å²) in [6.45, 7) is 0.845. The number of aromatic nitrogens is 1. The van der Waals surface area contributed by atoms with Gasteiger partial charge in [-0.25, -0.2) is 4.98 Å². The maximum atomic E-state index is 12.3. The first-order valence-electron chi connectivity index (χ1n) is 8.65. The van der Waals surface area contributed by atoms with E-state index in [1.54, 1.807) is 17.2 Å². The lowest BCUT2D eigenvalue weighted by Gasteiger charge is -2.14. The first kappa shape index (κ1) is 17.5. The predicted octanol–water partition coefficient (Wildman–Crippen LogP) is 3.50. The van der Waals surface area contributed by atoms with E-state index in [1.165, 1.54) is 11.3 Å². The Balaban J connectivity index is 1.31. The Morgan fingerprint density at radius 3 is 2.89 bits per heavy atom. The topological polar surface area (TPSA) is 72.6 Å². The molecule has 0 spiro atoms. The highest BCUT2D eigenvalue weighted by atomic mass is 32.1. The van der Waals surface area contributed by atoms with Crippen molar-refractivity contribution in [2.45, 2.75) is 19.6 Å². The number of amides is 1. The van der Waals surface area contributed by atoms with Gasteiger partial charge >= 0.3 is 5.97 Å². The van der Waals surface area contributed by atoms with Gasteiger partial charge in [0.1, 0.15) is 17.4 Å². The van der Waals surface area contributed by atoms with E-state index in [0.717, 1.165) is 10.6 Å². The Morgan fingerprint density at radius 2 is 2.11 bits per heavy atom. The summed E-state index contributed by atoms with van der Waals surface area (Å²) < 4.78 is 10.7. The highest BCUT2D eigenvalue weighted by Crippen LogP contribution is 2.25. The van der Waals surface area contributed by atoms with E-state index >= 15 is 0 Å². The van der Waals surface area contributed by atoms with Crippen molar-refractivity contribution in [1.82, 2.24) is 9.88 Å². The third-order valence-corrected chi connectivity index (χ3v) is 5.35. The highest BCUT2D eigenvalue weighted by molar-refractivity contribution is 7.13. The lowest BCUT2D eigenvalue weighted by Crippen LogP contribution is -2.26. The van der Waals surface area contributed by atoms with E-state index in [9.17, 15) is 9.59 Å². The molecule has 3 heterocycles. The first-order chi connectivity index (χ1) is 13.2. The fourth-order valence-electron chi connectivity index (χ4n) is 3.02. The molecule has 0 aliphatic carbocycles. The van der Waals surface area contributed by atoms with E-state index in [2.05, 4.69) is 4.98 Å². The summed E-state index contributed by atoms with van der Waals surface area (Å²) in [6.07, 6.45) is 1.74. The maximum absolute atomic E-state index is 12.3. The molecule has 1 fully saturated rings. The molecule has 0 N–H and O–H groups in total. The number of carbonyl (C=O) groups is 2. The Bertz CT molecular complexity index is 921. The normalized spacial score (nSPS) is 16.7. The molecule has 1 amide bonds. The number of rotatable bonds is 6. The zero-order chi connectivity index (χ0) is 18.6. The Morgan fingerprint density at radius 1 is 1.26 bits per heavy atom. The van der Waals surface area contributed by atoms with Crippen LogP contribution in [-0.2, 0) is 27.5 Å². The fourth-order valence-corrected chi connectivity index (χ4v) is 3.83. The van der Waals surface area contributed by atoms with E-state index in [-0.39, 0.29) is 24.9 Å². The predicted molar refractivity (Wildman–Crippen MR) is 99.6 cm³/mol. The number of furan rings is 1. The monoisotopic (exact) mass is 382 g/mol. The van der Waals surface area contributed by atoms with Gasteiger partial charge in [-0.05, 0) is 12.1 Å². The summed E-state index contributed by atoms with van der Waals surface area (Å²) in [5.74, 6) is -0.166. The lowest BCUT2D eigenvalue weighted by atomic mass is 10.1. The Hall–Kier alpha value is -2.93. The second kappa shape index (κ2) is 7.75. The lowest BCUT2D eigenvalue weighted by molar-refractivity contribution is -0.149. The van der Waals surface area contributed by atoms with Gasteiger partial charge in [-0.1, -0.05) is 30.3 Å². The number of thiazole rings is 1. The minimum atomic E-state index is -0.445. The van der Waals surface area contributed by atoms with Crippen LogP contribution in [0.4, 0.5) is 0 Å². The molecule has 4 rings (SSSR count). The van der Waals surface area contributed by atoms with Crippen LogP contribution in [0.25, 0.3) is 10.6 Å². The molecule has 6 nitrogen and oxygen atoms in total. The largest absolute Gasteiger partial charge is 0.467 e. The van der Waals surface area contributed by atoms with Gasteiger partial charge in [0, 0.05) is 23.9 Å². The zero-order valence-electron chi connectivity index (χ0n) is 14.5. The van der Waals surface area contributed by atoms with Crippen LogP contribution in [0.5, 0.6) is 0 Å². The molecule has 138 valence electrons. The van der Waals surface area contributed by atoms with Crippen LogP contribution in [0.3, 0.4) is 0 Å². The number of hydrogen-bond donors (Lipinski definition) is 0. The molecule has 27 heavy (non-hydrogen) atoms. The summed E-state index contributed by atoms with van der Waals surface area (Å²) in [5, 5.41) is 2.78. The standard InChI is InChI=1S/C20H18N2O4S/c23-18-9-15(10-22(18)11-17-7-4-8-25-17)20(24)26-12-16-13-27-19(21-16)14-5-2-1-3-6-14/h1-8,13,15H,9-12H2. The molecule has 1 atom stereocenters. The van der Waals surface area contributed by atoms with Crippen LogP contribution in [0, 0.1) is 5.92 Å². The molecule has 1 aromatic carbocycles. The third-order valence-electron chi connectivity index (χ3n) is 4.41. The Kier molecular flexibility index (Phi) is 5.02. The fraction of sp³-hybridized carbons (Fsp3) is 0.250. The smallest absolute Gasteiger partial charge is 0.311 e. The third kappa shape index (κ3) is 4.09. The van der Waals surface area contributed by atoms with E-state index in [4.69, 9.17) is 9.15 Å². The van der Waals surface area contributed by atoms with E-state index in [1.807, 2.05) is 41.8 Å². The number of nitrogens with zero attached hydrogens (tertiary/aromatic N) is 2. The number of likely N-dealkylation sites (tertiary alicyclic amines) is 1. The highest BCUT2D eigenvalue weighted by Gasteiger charge is 2.35. The van der Waals surface area contributed by atoms with Crippen LogP contribution in [-0.4, -0.2) is 28.3 Å². The van der Waals surface area contributed by atoms with Crippen molar-refractivity contribution in [3.63, 3.8) is 0 Å². The van der Waals surface area contributed by atoms with Gasteiger partial charge in [0.15, 0.2) is 0 Å². The van der Waals surface area contributed by atoms with Gasteiger partial charge < -0.3 is 14.1 Å². The van der Waals surface area contributed by atoms with Crippen molar-refractivity contribution in [2.24, 2.45) is 5.92 Å². The van der Waals surface area contributed by atoms with Crippen LogP contribution in [0.15, 0.2) is 58.5 Å². The molecule has 1 saturated heterocycles. The zero-order valence-corrected chi connectivity index (χ0v) is 15.4. The molecule has 0 bridgehead atoms. The minimum absolute atomic E-state index is 0.0617. The first-order valence-corrected chi connectivity index (χ1v) is 9.53. The van der Waals surface area contributed by atoms with Crippen molar-refractivity contribution in [3.05, 3.63) is 65.6 Å². The van der Waals surface area contributed by atoms with Gasteiger partial charge in [-0.15, -0.1) is 11.3 Å². The average molecular weight is 382 g/mol.